The van der Waals surface area contributed by atoms with Gasteiger partial charge in [0, 0.05) is 67.7 Å². The maximum absolute atomic E-state index is 14.1. The number of amides is 2. The number of carbonyl (C=O) groups excluding carboxylic acids is 2. The topological polar surface area (TPSA) is 115 Å². The van der Waals surface area contributed by atoms with Crippen LogP contribution in [0.3, 0.4) is 0 Å². The maximum atomic E-state index is 14.1. The molecular formula is C38H40IN9O3. The van der Waals surface area contributed by atoms with Crippen molar-refractivity contribution in [3.8, 4) is 28.5 Å². The maximum Gasteiger partial charge on any atom is 0.237 e. The summed E-state index contributed by atoms with van der Waals surface area (Å²) in [7, 11) is 1.86. The van der Waals surface area contributed by atoms with E-state index in [4.69, 9.17) is 9.84 Å². The van der Waals surface area contributed by atoms with E-state index in [2.05, 4.69) is 67.1 Å². The molecule has 0 aliphatic carbocycles. The Morgan fingerprint density at radius 1 is 0.961 bits per heavy atom. The van der Waals surface area contributed by atoms with Crippen LogP contribution in [-0.4, -0.2) is 94.7 Å². The highest BCUT2D eigenvalue weighted by atomic mass is 127. The van der Waals surface area contributed by atoms with Gasteiger partial charge in [-0.2, -0.15) is 10.2 Å². The minimum Gasteiger partial charge on any atom is -0.475 e. The second-order valence-electron chi connectivity index (χ2n) is 14.0. The number of benzene rings is 2. The molecule has 2 aromatic carbocycles. The van der Waals surface area contributed by atoms with Gasteiger partial charge in [-0.1, -0.05) is 30.3 Å². The molecule has 0 bridgehead atoms. The number of hydrogen-bond acceptors (Lipinski definition) is 8. The van der Waals surface area contributed by atoms with E-state index in [1.54, 1.807) is 17.2 Å². The lowest BCUT2D eigenvalue weighted by molar-refractivity contribution is -0.132. The number of likely N-dealkylation sites (tertiary alicyclic amines) is 1. The Balaban J connectivity index is 0.900. The van der Waals surface area contributed by atoms with E-state index in [1.165, 1.54) is 5.57 Å². The van der Waals surface area contributed by atoms with Crippen LogP contribution in [0.15, 0.2) is 73.2 Å². The number of carbonyl (C=O) groups is 2. The molecule has 0 N–H and O–H groups in total. The third-order valence-electron chi connectivity index (χ3n) is 10.3. The van der Waals surface area contributed by atoms with Crippen molar-refractivity contribution in [2.75, 3.05) is 44.2 Å². The van der Waals surface area contributed by atoms with Crippen LogP contribution in [0.25, 0.3) is 39.1 Å². The molecule has 8 rings (SSSR count). The average molecular weight is 798 g/mol. The number of ether oxygens (including phenoxy) is 1. The highest BCUT2D eigenvalue weighted by Crippen LogP contribution is 2.43. The van der Waals surface area contributed by atoms with Crippen LogP contribution in [0.4, 0.5) is 5.69 Å². The predicted molar refractivity (Wildman–Crippen MR) is 204 cm³/mol. The summed E-state index contributed by atoms with van der Waals surface area (Å²) in [4.78, 5) is 42.4. The zero-order valence-corrected chi connectivity index (χ0v) is 31.2. The van der Waals surface area contributed by atoms with Crippen molar-refractivity contribution >= 4 is 56.8 Å². The standard InChI is InChI=1S/C38H40IN9O3/c1-25(2)51-33-11-8-29(21-40-33)35-31-20-30(9-10-32(31)48(39)42-35)47-19-15-38(37(47)50)14-18-45(23-38)22-34(49)46-16-12-27(13-17-46)26-4-6-28(7-5-26)36-41-24-44(3)43-36/h4-12,20-21,24-25H,13-19,22-23H2,1-3H3/t38-/m0/s1. The second kappa shape index (κ2) is 13.5. The van der Waals surface area contributed by atoms with Crippen LogP contribution in [0, 0.1) is 5.41 Å². The minimum absolute atomic E-state index is 0.0437. The fourth-order valence-corrected chi connectivity index (χ4v) is 8.21. The van der Waals surface area contributed by atoms with Gasteiger partial charge in [-0.25, -0.2) is 12.9 Å². The quantitative estimate of drug-likeness (QED) is 0.186. The number of anilines is 1. The van der Waals surface area contributed by atoms with Gasteiger partial charge in [0.2, 0.25) is 17.7 Å². The third-order valence-corrected chi connectivity index (χ3v) is 11.0. The molecule has 3 aliphatic rings. The van der Waals surface area contributed by atoms with Crippen molar-refractivity contribution in [1.82, 2.24) is 37.5 Å². The summed E-state index contributed by atoms with van der Waals surface area (Å²) in [5, 5.41) is 10.1. The Bertz CT molecular complexity index is 2140. The van der Waals surface area contributed by atoms with Crippen molar-refractivity contribution in [2.24, 2.45) is 12.5 Å². The van der Waals surface area contributed by atoms with Crippen molar-refractivity contribution in [2.45, 2.75) is 39.2 Å². The minimum atomic E-state index is -0.465. The van der Waals surface area contributed by atoms with Gasteiger partial charge >= 0.3 is 0 Å². The first-order chi connectivity index (χ1) is 24.7. The summed E-state index contributed by atoms with van der Waals surface area (Å²) in [5.41, 5.74) is 6.47. The molecule has 5 aromatic rings. The van der Waals surface area contributed by atoms with E-state index in [-0.39, 0.29) is 17.9 Å². The number of aromatic nitrogens is 6. The fourth-order valence-electron chi connectivity index (χ4n) is 7.58. The molecular weight excluding hydrogens is 757 g/mol. The van der Waals surface area contributed by atoms with Crippen LogP contribution >= 0.6 is 22.9 Å². The molecule has 51 heavy (non-hydrogen) atoms. The third kappa shape index (κ3) is 6.52. The van der Waals surface area contributed by atoms with E-state index in [0.29, 0.717) is 44.4 Å². The first-order valence-corrected chi connectivity index (χ1v) is 18.4. The van der Waals surface area contributed by atoms with Gasteiger partial charge in [-0.15, -0.1) is 0 Å². The number of hydrogen-bond donors (Lipinski definition) is 0. The van der Waals surface area contributed by atoms with Gasteiger partial charge in [-0.05, 0) is 75.1 Å². The normalized spacial score (nSPS) is 19.5. The van der Waals surface area contributed by atoms with Gasteiger partial charge in [0.25, 0.3) is 0 Å². The Morgan fingerprint density at radius 3 is 2.45 bits per heavy atom. The number of pyridine rings is 1. The molecule has 1 atom stereocenters. The number of fused-ring (bicyclic) bond motifs is 1. The van der Waals surface area contributed by atoms with Crippen molar-refractivity contribution in [3.63, 3.8) is 0 Å². The van der Waals surface area contributed by atoms with Crippen molar-refractivity contribution < 1.29 is 14.3 Å². The van der Waals surface area contributed by atoms with E-state index in [1.807, 2.05) is 70.0 Å². The van der Waals surface area contributed by atoms with Crippen LogP contribution in [-0.2, 0) is 16.6 Å². The fraction of sp³-hybridized carbons (Fsp3) is 0.368. The smallest absolute Gasteiger partial charge is 0.237 e. The summed E-state index contributed by atoms with van der Waals surface area (Å²) < 4.78 is 9.26. The van der Waals surface area contributed by atoms with Gasteiger partial charge in [0.1, 0.15) is 12.0 Å². The van der Waals surface area contributed by atoms with Gasteiger partial charge in [0.05, 0.1) is 46.4 Å². The molecule has 0 unspecified atom stereocenters. The molecule has 3 aromatic heterocycles. The SMILES string of the molecule is CC(C)Oc1ccc(-c2nn(I)c3ccc(N4CC[C@]5(CCN(CC(=O)N6CC=C(c7ccc(-c8ncn(C)n8)cc7)CC6)C5)C4=O)cc23)cn1. The van der Waals surface area contributed by atoms with E-state index in [9.17, 15) is 9.59 Å². The molecule has 13 heteroatoms. The van der Waals surface area contributed by atoms with E-state index < -0.39 is 5.41 Å². The molecule has 0 saturated carbocycles. The number of aryl methyl sites for hydroxylation is 1. The van der Waals surface area contributed by atoms with Crippen LogP contribution < -0.4 is 9.64 Å². The number of halogens is 1. The molecule has 2 saturated heterocycles. The molecule has 2 fully saturated rings. The van der Waals surface area contributed by atoms with Crippen molar-refractivity contribution in [1.29, 1.82) is 0 Å². The largest absolute Gasteiger partial charge is 0.475 e. The summed E-state index contributed by atoms with van der Waals surface area (Å²) in [6, 6.07) is 18.3. The van der Waals surface area contributed by atoms with Crippen LogP contribution in [0.5, 0.6) is 5.88 Å². The highest BCUT2D eigenvalue weighted by Gasteiger charge is 2.51. The molecule has 2 amide bonds. The Kier molecular flexibility index (Phi) is 8.86. The van der Waals surface area contributed by atoms with E-state index in [0.717, 1.165) is 64.8 Å². The summed E-state index contributed by atoms with van der Waals surface area (Å²) in [6.45, 7) is 7.56. The highest BCUT2D eigenvalue weighted by molar-refractivity contribution is 14.1. The number of nitrogens with zero attached hydrogens (tertiary/aromatic N) is 9. The lowest BCUT2D eigenvalue weighted by Gasteiger charge is -2.29. The zero-order chi connectivity index (χ0) is 35.3. The first-order valence-electron chi connectivity index (χ1n) is 17.5. The Hall–Kier alpha value is -4.63. The molecule has 12 nitrogen and oxygen atoms in total. The second-order valence-corrected chi connectivity index (χ2v) is 15.0. The van der Waals surface area contributed by atoms with Crippen molar-refractivity contribution in [3.05, 3.63) is 78.8 Å². The Labute approximate surface area is 310 Å². The average Bonchev–Trinajstić information content (AvgIpc) is 3.91. The molecule has 0 radical (unpaired) electrons. The Morgan fingerprint density at radius 2 is 1.75 bits per heavy atom. The van der Waals surface area contributed by atoms with Gasteiger partial charge in [0.15, 0.2) is 5.82 Å². The summed E-state index contributed by atoms with van der Waals surface area (Å²) in [5.74, 6) is 1.55. The molecule has 3 aliphatic heterocycles. The summed E-state index contributed by atoms with van der Waals surface area (Å²) in [6.07, 6.45) is 8.04. The monoisotopic (exact) mass is 797 g/mol. The van der Waals surface area contributed by atoms with E-state index >= 15 is 0 Å². The van der Waals surface area contributed by atoms with Crippen LogP contribution in [0.1, 0.15) is 38.7 Å². The lowest BCUT2D eigenvalue weighted by Crippen LogP contribution is -2.43. The zero-order valence-electron chi connectivity index (χ0n) is 29.0. The number of rotatable bonds is 8. The first kappa shape index (κ1) is 33.5. The van der Waals surface area contributed by atoms with Gasteiger partial charge < -0.3 is 14.5 Å². The lowest BCUT2D eigenvalue weighted by atomic mass is 9.85. The van der Waals surface area contributed by atoms with Gasteiger partial charge in [-0.3, -0.25) is 19.2 Å². The molecule has 262 valence electrons. The summed E-state index contributed by atoms with van der Waals surface area (Å²) >= 11 is 2.19. The molecule has 6 heterocycles. The predicted octanol–water partition coefficient (Wildman–Crippen LogP) is 5.62. The van der Waals surface area contributed by atoms with Crippen LogP contribution in [0.2, 0.25) is 0 Å². The molecule has 1 spiro atoms.